The van der Waals surface area contributed by atoms with Crippen molar-refractivity contribution in [2.45, 2.75) is 6.54 Å². The van der Waals surface area contributed by atoms with Crippen molar-refractivity contribution < 1.29 is 4.21 Å². The summed E-state index contributed by atoms with van der Waals surface area (Å²) in [5, 5.41) is 0. The monoisotopic (exact) mass is 212 g/mol. The highest BCUT2D eigenvalue weighted by Gasteiger charge is 2.00. The molecule has 3 nitrogen and oxygen atoms in total. The minimum Gasteiger partial charge on any atom is -0.330 e. The fourth-order valence-electron chi connectivity index (χ4n) is 1.07. The number of nitrogens with two attached hydrogens (primary N) is 1. The van der Waals surface area contributed by atoms with Gasteiger partial charge < -0.3 is 5.73 Å². The van der Waals surface area contributed by atoms with E-state index in [-0.39, 0.29) is 0 Å². The van der Waals surface area contributed by atoms with E-state index in [1.54, 1.807) is 0 Å². The summed E-state index contributed by atoms with van der Waals surface area (Å²) in [5.41, 5.74) is 6.42. The predicted molar refractivity (Wildman–Crippen MR) is 62.5 cm³/mol. The van der Waals surface area contributed by atoms with E-state index in [1.807, 2.05) is 30.3 Å². The number of hydrogen-bond acceptors (Lipinski definition) is 2. The van der Waals surface area contributed by atoms with Crippen molar-refractivity contribution in [2.75, 3.05) is 12.3 Å². The van der Waals surface area contributed by atoms with Gasteiger partial charge in [-0.05, 0) is 11.4 Å². The lowest BCUT2D eigenvalue weighted by molar-refractivity contribution is 0.669. The fraction of sp³-hybridized carbons (Fsp3) is 0.300. The van der Waals surface area contributed by atoms with Crippen molar-refractivity contribution in [2.24, 2.45) is 5.73 Å². The van der Waals surface area contributed by atoms with Crippen molar-refractivity contribution in [3.05, 3.63) is 35.9 Å². The first-order valence-electron chi connectivity index (χ1n) is 4.47. The first-order chi connectivity index (χ1) is 6.64. The van der Waals surface area contributed by atoms with E-state index >= 15 is 0 Å². The highest BCUT2D eigenvalue weighted by atomic mass is 32.2. The Kier molecular flexibility index (Phi) is 4.13. The van der Waals surface area contributed by atoms with Gasteiger partial charge in [0.2, 0.25) is 0 Å². The van der Waals surface area contributed by atoms with Crippen molar-refractivity contribution in [3.63, 3.8) is 0 Å². The third kappa shape index (κ3) is 3.91. The van der Waals surface area contributed by atoms with Gasteiger partial charge in [-0.15, -0.1) is 0 Å². The van der Waals surface area contributed by atoms with Crippen LogP contribution in [0.15, 0.2) is 30.3 Å². The second-order valence-electron chi connectivity index (χ2n) is 3.11. The van der Waals surface area contributed by atoms with Gasteiger partial charge in [-0.3, -0.25) is 4.21 Å². The van der Waals surface area contributed by atoms with Gasteiger partial charge in [-0.25, -0.2) is 4.72 Å². The van der Waals surface area contributed by atoms with Crippen LogP contribution in [0.3, 0.4) is 0 Å². The molecule has 1 unspecified atom stereocenters. The van der Waals surface area contributed by atoms with Gasteiger partial charge in [0, 0.05) is 28.6 Å². The van der Waals surface area contributed by atoms with Crippen molar-refractivity contribution in [3.8, 4) is 0 Å². The van der Waals surface area contributed by atoms with Crippen LogP contribution >= 0.6 is 0 Å². The number of benzene rings is 1. The van der Waals surface area contributed by atoms with Crippen LogP contribution in [0.1, 0.15) is 5.56 Å². The molecule has 1 atom stereocenters. The molecule has 3 N–H and O–H groups in total. The largest absolute Gasteiger partial charge is 0.330 e. The average Bonchev–Trinajstić information content (AvgIpc) is 2.17. The summed E-state index contributed by atoms with van der Waals surface area (Å²) in [7, 11) is -2.20. The Morgan fingerprint density at radius 3 is 2.57 bits per heavy atom. The zero-order valence-corrected chi connectivity index (χ0v) is 8.93. The molecule has 0 bridgehead atoms. The molecular weight excluding hydrogens is 196 g/mol. The SMILES string of the molecule is C=S(=O)(CCN)NCc1ccccc1. The molecule has 0 aliphatic heterocycles. The van der Waals surface area contributed by atoms with Crippen LogP contribution in [0.2, 0.25) is 0 Å². The Hall–Kier alpha value is -0.840. The average molecular weight is 212 g/mol. The molecule has 0 spiro atoms. The Morgan fingerprint density at radius 1 is 1.36 bits per heavy atom. The Labute approximate surface area is 85.5 Å². The maximum atomic E-state index is 11.7. The van der Waals surface area contributed by atoms with E-state index < -0.39 is 9.71 Å². The molecule has 0 saturated heterocycles. The molecule has 0 amide bonds. The lowest BCUT2D eigenvalue weighted by atomic mass is 10.2. The molecule has 78 valence electrons. The molecule has 1 aromatic rings. The Bertz CT molecular complexity index is 359. The normalized spacial score (nSPS) is 14.9. The summed E-state index contributed by atoms with van der Waals surface area (Å²) in [6, 6.07) is 9.80. The van der Waals surface area contributed by atoms with Crippen LogP contribution in [-0.4, -0.2) is 22.4 Å². The molecule has 1 aromatic carbocycles. The maximum Gasteiger partial charge on any atom is 0.0412 e. The van der Waals surface area contributed by atoms with Gasteiger partial charge in [-0.2, -0.15) is 0 Å². The van der Waals surface area contributed by atoms with E-state index in [0.717, 1.165) is 5.56 Å². The molecule has 1 rings (SSSR count). The number of rotatable bonds is 5. The van der Waals surface area contributed by atoms with Gasteiger partial charge in [0.25, 0.3) is 0 Å². The van der Waals surface area contributed by atoms with Crippen molar-refractivity contribution in [1.82, 2.24) is 4.72 Å². The Balaban J connectivity index is 2.49. The van der Waals surface area contributed by atoms with E-state index in [4.69, 9.17) is 5.73 Å². The summed E-state index contributed by atoms with van der Waals surface area (Å²) in [4.78, 5) is 0. The molecule has 0 saturated carbocycles. The van der Waals surface area contributed by atoms with Crippen LogP contribution in [0.25, 0.3) is 0 Å². The highest BCUT2D eigenvalue weighted by Crippen LogP contribution is 1.98. The molecule has 4 heteroatoms. The minimum atomic E-state index is -2.20. The fourth-order valence-corrected chi connectivity index (χ4v) is 2.03. The quantitative estimate of drug-likeness (QED) is 0.693. The van der Waals surface area contributed by atoms with Crippen molar-refractivity contribution in [1.29, 1.82) is 0 Å². The first-order valence-corrected chi connectivity index (χ1v) is 6.37. The maximum absolute atomic E-state index is 11.7. The van der Waals surface area contributed by atoms with Crippen LogP contribution in [0.5, 0.6) is 0 Å². The molecule has 0 aromatic heterocycles. The van der Waals surface area contributed by atoms with Gasteiger partial charge in [0.05, 0.1) is 0 Å². The smallest absolute Gasteiger partial charge is 0.0412 e. The topological polar surface area (TPSA) is 55.1 Å². The molecule has 0 aliphatic rings. The van der Waals surface area contributed by atoms with E-state index in [2.05, 4.69) is 10.6 Å². The van der Waals surface area contributed by atoms with Crippen LogP contribution < -0.4 is 10.5 Å². The molecule has 0 heterocycles. The first kappa shape index (κ1) is 11.2. The van der Waals surface area contributed by atoms with E-state index in [9.17, 15) is 4.21 Å². The number of nitrogens with one attached hydrogen (secondary N) is 1. The summed E-state index contributed by atoms with van der Waals surface area (Å²) in [6.45, 7) is 0.966. The zero-order chi connectivity index (χ0) is 10.4. The second-order valence-corrected chi connectivity index (χ2v) is 5.43. The summed E-state index contributed by atoms with van der Waals surface area (Å²) >= 11 is 0. The van der Waals surface area contributed by atoms with Crippen LogP contribution in [0.4, 0.5) is 0 Å². The van der Waals surface area contributed by atoms with Gasteiger partial charge in [0.1, 0.15) is 0 Å². The molecule has 0 aliphatic carbocycles. The number of hydrogen-bond donors (Lipinski definition) is 2. The molecule has 0 fully saturated rings. The lowest BCUT2D eigenvalue weighted by Gasteiger charge is -2.09. The van der Waals surface area contributed by atoms with Gasteiger partial charge in [0.15, 0.2) is 0 Å². The third-order valence-corrected chi connectivity index (χ3v) is 3.40. The molecular formula is C10H16N2OS. The lowest BCUT2D eigenvalue weighted by Crippen LogP contribution is -2.29. The Morgan fingerprint density at radius 2 is 2.00 bits per heavy atom. The van der Waals surface area contributed by atoms with Crippen molar-refractivity contribution >= 4 is 15.6 Å². The van der Waals surface area contributed by atoms with Gasteiger partial charge in [-0.1, -0.05) is 30.3 Å². The molecule has 14 heavy (non-hydrogen) atoms. The van der Waals surface area contributed by atoms with Crippen LogP contribution in [-0.2, 0) is 16.3 Å². The highest BCUT2D eigenvalue weighted by molar-refractivity contribution is 7.98. The van der Waals surface area contributed by atoms with E-state index in [1.165, 1.54) is 0 Å². The standard InChI is InChI=1S/C10H16N2OS/c1-14(13,8-7-11)12-9-10-5-3-2-4-6-10/h2-6H,1,7-9,11H2,(H,12,13). The van der Waals surface area contributed by atoms with E-state index in [0.29, 0.717) is 18.8 Å². The van der Waals surface area contributed by atoms with Crippen LogP contribution in [0, 0.1) is 0 Å². The summed E-state index contributed by atoms with van der Waals surface area (Å²) < 4.78 is 14.6. The molecule has 0 radical (unpaired) electrons. The summed E-state index contributed by atoms with van der Waals surface area (Å²) in [6.07, 6.45) is 0. The zero-order valence-electron chi connectivity index (χ0n) is 8.11. The predicted octanol–water partition coefficient (Wildman–Crippen LogP) is 0.366. The second kappa shape index (κ2) is 5.14. The minimum absolute atomic E-state index is 0.393. The third-order valence-electron chi connectivity index (χ3n) is 1.83. The van der Waals surface area contributed by atoms with Gasteiger partial charge >= 0.3 is 0 Å². The summed E-state index contributed by atoms with van der Waals surface area (Å²) in [5.74, 6) is 4.03.